The van der Waals surface area contributed by atoms with Gasteiger partial charge in [0.2, 0.25) is 0 Å². The van der Waals surface area contributed by atoms with Crippen molar-refractivity contribution in [3.8, 4) is 5.69 Å². The van der Waals surface area contributed by atoms with E-state index in [9.17, 15) is 18.0 Å². The normalized spacial score (nSPS) is 10.7. The SMILES string of the molecule is O=C(Nc1cc(-n2cnnn2)ccc1F)C(F)F. The largest absolute Gasteiger partial charge is 0.319 e. The van der Waals surface area contributed by atoms with Crippen LogP contribution in [0.5, 0.6) is 0 Å². The zero-order valence-electron chi connectivity index (χ0n) is 8.72. The van der Waals surface area contributed by atoms with Crippen LogP contribution >= 0.6 is 0 Å². The molecule has 1 aromatic carbocycles. The first-order valence-corrected chi connectivity index (χ1v) is 4.70. The van der Waals surface area contributed by atoms with Gasteiger partial charge in [0.05, 0.1) is 11.4 Å². The lowest BCUT2D eigenvalue weighted by molar-refractivity contribution is -0.126. The number of halogens is 3. The van der Waals surface area contributed by atoms with Gasteiger partial charge in [0.25, 0.3) is 5.91 Å². The second-order valence-electron chi connectivity index (χ2n) is 3.21. The Hall–Kier alpha value is -2.45. The summed E-state index contributed by atoms with van der Waals surface area (Å²) < 4.78 is 38.6. The van der Waals surface area contributed by atoms with Crippen molar-refractivity contribution in [2.24, 2.45) is 0 Å². The third-order valence-corrected chi connectivity index (χ3v) is 2.02. The number of amides is 1. The fourth-order valence-corrected chi connectivity index (χ4v) is 1.22. The smallest absolute Gasteiger partial charge is 0.315 e. The summed E-state index contributed by atoms with van der Waals surface area (Å²) >= 11 is 0. The van der Waals surface area contributed by atoms with Crippen LogP contribution in [0.2, 0.25) is 0 Å². The van der Waals surface area contributed by atoms with Crippen LogP contribution in [0.1, 0.15) is 0 Å². The first-order chi connectivity index (χ1) is 8.58. The van der Waals surface area contributed by atoms with Crippen LogP contribution in [-0.4, -0.2) is 32.5 Å². The first-order valence-electron chi connectivity index (χ1n) is 4.70. The van der Waals surface area contributed by atoms with Gasteiger partial charge in [0.1, 0.15) is 12.1 Å². The fourth-order valence-electron chi connectivity index (χ4n) is 1.22. The molecule has 0 bridgehead atoms. The molecule has 0 unspecified atom stereocenters. The number of nitrogens with one attached hydrogen (secondary N) is 1. The molecule has 2 aromatic rings. The predicted molar refractivity (Wildman–Crippen MR) is 53.7 cm³/mol. The van der Waals surface area contributed by atoms with Crippen molar-refractivity contribution in [2.75, 3.05) is 5.32 Å². The van der Waals surface area contributed by atoms with Gasteiger partial charge in [0.15, 0.2) is 0 Å². The van der Waals surface area contributed by atoms with Crippen LogP contribution in [-0.2, 0) is 4.79 Å². The topological polar surface area (TPSA) is 72.7 Å². The highest BCUT2D eigenvalue weighted by Gasteiger charge is 2.17. The summed E-state index contributed by atoms with van der Waals surface area (Å²) in [5, 5.41) is 12.1. The van der Waals surface area contributed by atoms with Crippen molar-refractivity contribution in [1.29, 1.82) is 0 Å². The number of tetrazole rings is 1. The molecule has 0 saturated carbocycles. The number of benzene rings is 1. The van der Waals surface area contributed by atoms with Crippen molar-refractivity contribution < 1.29 is 18.0 Å². The lowest BCUT2D eigenvalue weighted by atomic mass is 10.2. The molecule has 0 atom stereocenters. The van der Waals surface area contributed by atoms with Crippen LogP contribution in [0.25, 0.3) is 5.69 Å². The molecule has 1 amide bonds. The van der Waals surface area contributed by atoms with Gasteiger partial charge >= 0.3 is 6.43 Å². The Morgan fingerprint density at radius 1 is 1.39 bits per heavy atom. The highest BCUT2D eigenvalue weighted by atomic mass is 19.3. The average molecular weight is 257 g/mol. The molecule has 0 radical (unpaired) electrons. The Kier molecular flexibility index (Phi) is 3.22. The van der Waals surface area contributed by atoms with Crippen molar-refractivity contribution >= 4 is 11.6 Å². The maximum atomic E-state index is 13.3. The number of anilines is 1. The second-order valence-corrected chi connectivity index (χ2v) is 3.21. The molecular weight excluding hydrogens is 251 g/mol. The Labute approximate surface area is 98.4 Å². The van der Waals surface area contributed by atoms with Gasteiger partial charge in [-0.2, -0.15) is 8.78 Å². The molecule has 18 heavy (non-hydrogen) atoms. The van der Waals surface area contributed by atoms with Crippen molar-refractivity contribution in [3.05, 3.63) is 30.3 Å². The molecule has 0 spiro atoms. The van der Waals surface area contributed by atoms with E-state index in [4.69, 9.17) is 0 Å². The maximum absolute atomic E-state index is 13.3. The van der Waals surface area contributed by atoms with E-state index in [1.165, 1.54) is 17.1 Å². The predicted octanol–water partition coefficient (Wildman–Crippen LogP) is 1.00. The lowest BCUT2D eigenvalue weighted by Gasteiger charge is -2.07. The summed E-state index contributed by atoms with van der Waals surface area (Å²) in [7, 11) is 0. The van der Waals surface area contributed by atoms with Crippen molar-refractivity contribution in [1.82, 2.24) is 20.2 Å². The van der Waals surface area contributed by atoms with Gasteiger partial charge in [-0.25, -0.2) is 9.07 Å². The van der Waals surface area contributed by atoms with Crippen LogP contribution in [0.3, 0.4) is 0 Å². The molecule has 9 heteroatoms. The average Bonchev–Trinajstić information content (AvgIpc) is 2.85. The Morgan fingerprint density at radius 3 is 2.78 bits per heavy atom. The number of aromatic nitrogens is 4. The summed E-state index contributed by atoms with van der Waals surface area (Å²) in [6, 6.07) is 3.49. The summed E-state index contributed by atoms with van der Waals surface area (Å²) in [4.78, 5) is 10.8. The van der Waals surface area contributed by atoms with E-state index in [2.05, 4.69) is 15.5 Å². The molecule has 0 aliphatic heterocycles. The van der Waals surface area contributed by atoms with Crippen LogP contribution in [0, 0.1) is 5.82 Å². The number of carbonyl (C=O) groups excluding carboxylic acids is 1. The van der Waals surface area contributed by atoms with Gasteiger partial charge in [-0.1, -0.05) is 0 Å². The highest BCUT2D eigenvalue weighted by molar-refractivity contribution is 5.93. The minimum atomic E-state index is -3.22. The van der Waals surface area contributed by atoms with Gasteiger partial charge in [-0.05, 0) is 28.6 Å². The number of alkyl halides is 2. The summed E-state index contributed by atoms with van der Waals surface area (Å²) in [6.45, 7) is 0. The molecule has 0 fully saturated rings. The minimum absolute atomic E-state index is 0.325. The standard InChI is InChI=1S/C9H6F3N5O/c10-6-2-1-5(17-4-13-15-16-17)3-7(6)14-9(18)8(11)12/h1-4,8H,(H,14,18). The molecule has 6 nitrogen and oxygen atoms in total. The number of rotatable bonds is 3. The molecule has 0 saturated heterocycles. The number of hydrogen-bond donors (Lipinski definition) is 1. The molecule has 0 aliphatic carbocycles. The number of hydrogen-bond acceptors (Lipinski definition) is 4. The Bertz CT molecular complexity index is 557. The molecule has 0 aliphatic rings. The Balaban J connectivity index is 2.30. The van der Waals surface area contributed by atoms with E-state index in [1.807, 2.05) is 0 Å². The van der Waals surface area contributed by atoms with Crippen molar-refractivity contribution in [2.45, 2.75) is 6.43 Å². The number of carbonyl (C=O) groups is 1. The minimum Gasteiger partial charge on any atom is -0.319 e. The number of nitrogens with zero attached hydrogens (tertiary/aromatic N) is 4. The van der Waals surface area contributed by atoms with Gasteiger partial charge in [-0.15, -0.1) is 5.10 Å². The monoisotopic (exact) mass is 257 g/mol. The third kappa shape index (κ3) is 2.44. The van der Waals surface area contributed by atoms with E-state index in [1.54, 1.807) is 5.32 Å². The zero-order chi connectivity index (χ0) is 13.1. The molecule has 1 aromatic heterocycles. The van der Waals surface area contributed by atoms with Crippen LogP contribution in [0.4, 0.5) is 18.9 Å². The maximum Gasteiger partial charge on any atom is 0.315 e. The fraction of sp³-hybridized carbons (Fsp3) is 0.111. The zero-order valence-corrected chi connectivity index (χ0v) is 8.72. The molecular formula is C9H6F3N5O. The first kappa shape index (κ1) is 12.0. The quantitative estimate of drug-likeness (QED) is 0.890. The molecule has 94 valence electrons. The van der Waals surface area contributed by atoms with Crippen molar-refractivity contribution in [3.63, 3.8) is 0 Å². The van der Waals surface area contributed by atoms with E-state index in [-0.39, 0.29) is 5.69 Å². The molecule has 1 heterocycles. The molecule has 2 rings (SSSR count). The van der Waals surface area contributed by atoms with E-state index < -0.39 is 18.1 Å². The highest BCUT2D eigenvalue weighted by Crippen LogP contribution is 2.18. The third-order valence-electron chi connectivity index (χ3n) is 2.02. The Morgan fingerprint density at radius 2 is 2.17 bits per heavy atom. The van der Waals surface area contributed by atoms with E-state index >= 15 is 0 Å². The molecule has 1 N–H and O–H groups in total. The van der Waals surface area contributed by atoms with Gasteiger partial charge in [0, 0.05) is 0 Å². The van der Waals surface area contributed by atoms with E-state index in [0.717, 1.165) is 12.1 Å². The van der Waals surface area contributed by atoms with Gasteiger partial charge in [-0.3, -0.25) is 4.79 Å². The summed E-state index contributed by atoms with van der Waals surface area (Å²) in [5.74, 6) is -2.41. The second kappa shape index (κ2) is 4.82. The van der Waals surface area contributed by atoms with Gasteiger partial charge < -0.3 is 5.32 Å². The summed E-state index contributed by atoms with van der Waals surface area (Å²) in [5.41, 5.74) is -0.0423. The summed E-state index contributed by atoms with van der Waals surface area (Å²) in [6.07, 6.45) is -1.98. The van der Waals surface area contributed by atoms with E-state index in [0.29, 0.717) is 5.69 Å². The lowest BCUT2D eigenvalue weighted by Crippen LogP contribution is -2.20. The van der Waals surface area contributed by atoms with Crippen LogP contribution in [0.15, 0.2) is 24.5 Å². The van der Waals surface area contributed by atoms with Crippen LogP contribution < -0.4 is 5.32 Å².